The first-order chi connectivity index (χ1) is 6.63. The van der Waals surface area contributed by atoms with Gasteiger partial charge >= 0.3 is 0 Å². The predicted octanol–water partition coefficient (Wildman–Crippen LogP) is 3.41. The lowest BCUT2D eigenvalue weighted by Gasteiger charge is -2.05. The van der Waals surface area contributed by atoms with Gasteiger partial charge in [-0.1, -0.05) is 34.1 Å². The van der Waals surface area contributed by atoms with Crippen LogP contribution in [0.2, 0.25) is 0 Å². The van der Waals surface area contributed by atoms with Crippen molar-refractivity contribution in [3.8, 4) is 0 Å². The summed E-state index contributed by atoms with van der Waals surface area (Å²) in [4.78, 5) is 0. The molecular formula is C12H15BrO. The van der Waals surface area contributed by atoms with E-state index < -0.39 is 0 Å². The van der Waals surface area contributed by atoms with E-state index in [4.69, 9.17) is 5.11 Å². The second-order valence-electron chi connectivity index (χ2n) is 3.46. The van der Waals surface area contributed by atoms with Crippen LogP contribution in [0.3, 0.4) is 0 Å². The Hall–Kier alpha value is -0.600. The Morgan fingerprint density at radius 1 is 1.43 bits per heavy atom. The summed E-state index contributed by atoms with van der Waals surface area (Å²) < 4.78 is 1.07. The first kappa shape index (κ1) is 11.5. The molecule has 1 aromatic carbocycles. The molecule has 14 heavy (non-hydrogen) atoms. The molecule has 0 aromatic heterocycles. The molecule has 1 rings (SSSR count). The highest BCUT2D eigenvalue weighted by Gasteiger charge is 2.00. The van der Waals surface area contributed by atoms with E-state index in [0.717, 1.165) is 28.5 Å². The van der Waals surface area contributed by atoms with Gasteiger partial charge in [0.05, 0.1) is 0 Å². The molecule has 0 spiro atoms. The maximum Gasteiger partial charge on any atom is 0.0434 e. The van der Waals surface area contributed by atoms with Gasteiger partial charge in [0.2, 0.25) is 0 Å². The van der Waals surface area contributed by atoms with E-state index in [0.29, 0.717) is 0 Å². The molecule has 0 aliphatic carbocycles. The Morgan fingerprint density at radius 3 is 2.71 bits per heavy atom. The monoisotopic (exact) mass is 254 g/mol. The fourth-order valence-electron chi connectivity index (χ4n) is 1.32. The fraction of sp³-hybridized carbons (Fsp3) is 0.333. The van der Waals surface area contributed by atoms with Gasteiger partial charge in [-0.15, -0.1) is 0 Å². The zero-order valence-electron chi connectivity index (χ0n) is 8.39. The van der Waals surface area contributed by atoms with Crippen LogP contribution in [0.15, 0.2) is 29.3 Å². The Bertz CT molecular complexity index is 331. The topological polar surface area (TPSA) is 20.2 Å². The molecule has 0 unspecified atom stereocenters. The molecule has 0 fully saturated rings. The highest BCUT2D eigenvalue weighted by atomic mass is 79.9. The highest BCUT2D eigenvalue weighted by Crippen LogP contribution is 2.21. The van der Waals surface area contributed by atoms with E-state index in [1.807, 2.05) is 6.92 Å². The van der Waals surface area contributed by atoms with Crippen molar-refractivity contribution >= 4 is 21.5 Å². The second kappa shape index (κ2) is 5.32. The lowest BCUT2D eigenvalue weighted by molar-refractivity contribution is 0.288. The van der Waals surface area contributed by atoms with Crippen LogP contribution >= 0.6 is 15.9 Å². The minimum atomic E-state index is 0.245. The Kier molecular flexibility index (Phi) is 4.36. The number of aryl methyl sites for hydroxylation is 1. The number of rotatable bonds is 4. The highest BCUT2D eigenvalue weighted by molar-refractivity contribution is 9.10. The van der Waals surface area contributed by atoms with Gasteiger partial charge in [-0.2, -0.15) is 0 Å². The van der Waals surface area contributed by atoms with Crippen molar-refractivity contribution in [3.05, 3.63) is 40.4 Å². The molecule has 1 aromatic rings. The summed E-state index contributed by atoms with van der Waals surface area (Å²) in [5.74, 6) is 0. The molecule has 0 heterocycles. The van der Waals surface area contributed by atoms with Crippen molar-refractivity contribution in [2.75, 3.05) is 6.61 Å². The zero-order valence-corrected chi connectivity index (χ0v) is 9.97. The molecule has 2 heteroatoms. The van der Waals surface area contributed by atoms with E-state index in [1.54, 1.807) is 0 Å². The van der Waals surface area contributed by atoms with Crippen LogP contribution in [0, 0.1) is 0 Å². The van der Waals surface area contributed by atoms with Crippen LogP contribution < -0.4 is 0 Å². The Labute approximate surface area is 93.6 Å². The summed E-state index contributed by atoms with van der Waals surface area (Å²) in [5.41, 5.74) is 3.47. The SMILES string of the molecule is C=C(C)c1cc(Br)cc(CCCO)c1. The molecule has 1 nitrogen and oxygen atoms in total. The summed E-state index contributed by atoms with van der Waals surface area (Å²) in [7, 11) is 0. The standard InChI is InChI=1S/C12H15BrO/c1-9(2)11-6-10(4-3-5-14)7-12(13)8-11/h6-8,14H,1,3-5H2,2H3. The molecule has 0 amide bonds. The van der Waals surface area contributed by atoms with Crippen molar-refractivity contribution in [2.45, 2.75) is 19.8 Å². The van der Waals surface area contributed by atoms with Gasteiger partial charge < -0.3 is 5.11 Å². The number of hydrogen-bond acceptors (Lipinski definition) is 1. The molecule has 0 saturated heterocycles. The molecular weight excluding hydrogens is 240 g/mol. The third-order valence-corrected chi connectivity index (χ3v) is 2.53. The fourth-order valence-corrected chi connectivity index (χ4v) is 1.86. The first-order valence-corrected chi connectivity index (χ1v) is 5.49. The van der Waals surface area contributed by atoms with Crippen LogP contribution in [0.5, 0.6) is 0 Å². The Morgan fingerprint density at radius 2 is 2.14 bits per heavy atom. The maximum absolute atomic E-state index is 8.75. The van der Waals surface area contributed by atoms with Gasteiger partial charge in [-0.3, -0.25) is 0 Å². The predicted molar refractivity (Wildman–Crippen MR) is 64.3 cm³/mol. The maximum atomic E-state index is 8.75. The third-order valence-electron chi connectivity index (χ3n) is 2.07. The third kappa shape index (κ3) is 3.28. The van der Waals surface area contributed by atoms with Gasteiger partial charge in [0.25, 0.3) is 0 Å². The largest absolute Gasteiger partial charge is 0.396 e. The molecule has 0 aliphatic rings. The lowest BCUT2D eigenvalue weighted by atomic mass is 10.0. The molecule has 0 saturated carbocycles. The quantitative estimate of drug-likeness (QED) is 0.874. The van der Waals surface area contributed by atoms with Crippen LogP contribution in [0.4, 0.5) is 0 Å². The summed E-state index contributed by atoms with van der Waals surface area (Å²) in [5, 5.41) is 8.75. The summed E-state index contributed by atoms with van der Waals surface area (Å²) in [6.45, 7) is 6.16. The lowest BCUT2D eigenvalue weighted by Crippen LogP contribution is -1.91. The van der Waals surface area contributed by atoms with Gasteiger partial charge in [-0.25, -0.2) is 0 Å². The zero-order chi connectivity index (χ0) is 10.6. The van der Waals surface area contributed by atoms with Gasteiger partial charge in [-0.05, 0) is 43.0 Å². The van der Waals surface area contributed by atoms with Crippen molar-refractivity contribution < 1.29 is 5.11 Å². The van der Waals surface area contributed by atoms with Gasteiger partial charge in [0.1, 0.15) is 0 Å². The van der Waals surface area contributed by atoms with Crippen molar-refractivity contribution in [1.82, 2.24) is 0 Å². The normalized spacial score (nSPS) is 10.2. The van der Waals surface area contributed by atoms with Crippen LogP contribution in [0.25, 0.3) is 5.57 Å². The van der Waals surface area contributed by atoms with E-state index >= 15 is 0 Å². The van der Waals surface area contributed by atoms with Crippen LogP contribution in [-0.4, -0.2) is 11.7 Å². The number of benzene rings is 1. The molecule has 0 atom stereocenters. The molecule has 0 radical (unpaired) electrons. The Balaban J connectivity index is 2.89. The van der Waals surface area contributed by atoms with E-state index in [1.165, 1.54) is 5.56 Å². The van der Waals surface area contributed by atoms with E-state index in [-0.39, 0.29) is 6.61 Å². The van der Waals surface area contributed by atoms with Crippen LogP contribution in [0.1, 0.15) is 24.5 Å². The van der Waals surface area contributed by atoms with E-state index in [2.05, 4.69) is 40.7 Å². The number of aliphatic hydroxyl groups excluding tert-OH is 1. The summed E-state index contributed by atoms with van der Waals surface area (Å²) >= 11 is 3.47. The van der Waals surface area contributed by atoms with Crippen molar-refractivity contribution in [2.24, 2.45) is 0 Å². The summed E-state index contributed by atoms with van der Waals surface area (Å²) in [6, 6.07) is 6.27. The van der Waals surface area contributed by atoms with Crippen molar-refractivity contribution in [3.63, 3.8) is 0 Å². The number of allylic oxidation sites excluding steroid dienone is 1. The number of halogens is 1. The van der Waals surface area contributed by atoms with Crippen molar-refractivity contribution in [1.29, 1.82) is 0 Å². The van der Waals surface area contributed by atoms with Gasteiger partial charge in [0, 0.05) is 11.1 Å². The average Bonchev–Trinajstić information content (AvgIpc) is 2.14. The van der Waals surface area contributed by atoms with Gasteiger partial charge in [0.15, 0.2) is 0 Å². The molecule has 76 valence electrons. The smallest absolute Gasteiger partial charge is 0.0434 e. The second-order valence-corrected chi connectivity index (χ2v) is 4.37. The number of hydrogen-bond donors (Lipinski definition) is 1. The minimum absolute atomic E-state index is 0.245. The van der Waals surface area contributed by atoms with Crippen LogP contribution in [-0.2, 0) is 6.42 Å². The average molecular weight is 255 g/mol. The number of aliphatic hydroxyl groups is 1. The summed E-state index contributed by atoms with van der Waals surface area (Å²) in [6.07, 6.45) is 1.72. The molecule has 0 aliphatic heterocycles. The molecule has 0 bridgehead atoms. The molecule has 1 N–H and O–H groups in total. The minimum Gasteiger partial charge on any atom is -0.396 e. The van der Waals surface area contributed by atoms with E-state index in [9.17, 15) is 0 Å². The first-order valence-electron chi connectivity index (χ1n) is 4.69.